The summed E-state index contributed by atoms with van der Waals surface area (Å²) in [6, 6.07) is 7.41. The molecule has 1 fully saturated rings. The number of nitrogens with zero attached hydrogens (tertiary/aromatic N) is 4. The van der Waals surface area contributed by atoms with Gasteiger partial charge in [-0.15, -0.1) is 5.10 Å². The van der Waals surface area contributed by atoms with Gasteiger partial charge in [0.15, 0.2) is 0 Å². The van der Waals surface area contributed by atoms with Crippen LogP contribution in [0.3, 0.4) is 0 Å². The Morgan fingerprint density at radius 1 is 1.38 bits per heavy atom. The van der Waals surface area contributed by atoms with Crippen LogP contribution in [0.25, 0.3) is 5.69 Å². The van der Waals surface area contributed by atoms with Crippen molar-refractivity contribution in [2.45, 2.75) is 32.4 Å². The molecule has 0 saturated heterocycles. The van der Waals surface area contributed by atoms with E-state index < -0.39 is 0 Å². The lowest BCUT2D eigenvalue weighted by Gasteiger charge is -2.50. The minimum absolute atomic E-state index is 0.0536. The molecule has 2 unspecified atom stereocenters. The minimum Gasteiger partial charge on any atom is -0.349 e. The quantitative estimate of drug-likeness (QED) is 0.857. The van der Waals surface area contributed by atoms with Crippen molar-refractivity contribution in [1.29, 1.82) is 0 Å². The van der Waals surface area contributed by atoms with Crippen LogP contribution in [-0.2, 0) is 0 Å². The molecule has 0 bridgehead atoms. The predicted octanol–water partition coefficient (Wildman–Crippen LogP) is 0.518. The Morgan fingerprint density at radius 3 is 2.62 bits per heavy atom. The van der Waals surface area contributed by atoms with Crippen LogP contribution < -0.4 is 11.1 Å². The molecule has 7 nitrogen and oxygen atoms in total. The Morgan fingerprint density at radius 2 is 2.10 bits per heavy atom. The Hall–Kier alpha value is -2.28. The van der Waals surface area contributed by atoms with Crippen LogP contribution in [0.1, 0.15) is 30.6 Å². The molecule has 1 saturated carbocycles. The molecule has 3 rings (SSSR count). The molecular weight excluding hydrogens is 268 g/mol. The van der Waals surface area contributed by atoms with Crippen LogP contribution in [0, 0.1) is 5.41 Å². The predicted molar refractivity (Wildman–Crippen MR) is 76.8 cm³/mol. The summed E-state index contributed by atoms with van der Waals surface area (Å²) in [5.41, 5.74) is 7.33. The first-order valence-electron chi connectivity index (χ1n) is 6.88. The van der Waals surface area contributed by atoms with Crippen molar-refractivity contribution in [2.24, 2.45) is 11.1 Å². The zero-order chi connectivity index (χ0) is 15.0. The van der Waals surface area contributed by atoms with E-state index in [9.17, 15) is 4.79 Å². The molecule has 7 heteroatoms. The van der Waals surface area contributed by atoms with Crippen molar-refractivity contribution >= 4 is 5.91 Å². The average molecular weight is 286 g/mol. The van der Waals surface area contributed by atoms with Crippen LogP contribution in [-0.4, -0.2) is 38.2 Å². The molecule has 110 valence electrons. The van der Waals surface area contributed by atoms with E-state index in [4.69, 9.17) is 5.73 Å². The normalized spacial score (nSPS) is 23.4. The fourth-order valence-electron chi connectivity index (χ4n) is 2.49. The lowest BCUT2D eigenvalue weighted by Crippen LogP contribution is -2.64. The van der Waals surface area contributed by atoms with E-state index in [1.165, 1.54) is 11.0 Å². The number of tetrazole rings is 1. The molecule has 0 radical (unpaired) electrons. The minimum atomic E-state index is -0.0803. The van der Waals surface area contributed by atoms with Gasteiger partial charge >= 0.3 is 0 Å². The highest BCUT2D eigenvalue weighted by Gasteiger charge is 2.46. The van der Waals surface area contributed by atoms with E-state index in [0.29, 0.717) is 5.56 Å². The highest BCUT2D eigenvalue weighted by molar-refractivity contribution is 5.94. The zero-order valence-electron chi connectivity index (χ0n) is 12.0. The van der Waals surface area contributed by atoms with Crippen molar-refractivity contribution in [3.8, 4) is 5.69 Å². The van der Waals surface area contributed by atoms with Crippen LogP contribution in [0.4, 0.5) is 0 Å². The first kappa shape index (κ1) is 13.7. The SMILES string of the molecule is CC1(C)C(N)CC1NC(=O)c1ccc(-n2cnnn2)cc1. The van der Waals surface area contributed by atoms with Gasteiger partial charge in [0.1, 0.15) is 6.33 Å². The summed E-state index contributed by atoms with van der Waals surface area (Å²) in [5.74, 6) is -0.0803. The topological polar surface area (TPSA) is 98.7 Å². The maximum atomic E-state index is 12.2. The second-order valence-corrected chi connectivity index (χ2v) is 5.99. The zero-order valence-corrected chi connectivity index (χ0v) is 12.0. The third kappa shape index (κ3) is 2.40. The first-order chi connectivity index (χ1) is 9.98. The maximum Gasteiger partial charge on any atom is 0.251 e. The number of hydrogen-bond donors (Lipinski definition) is 2. The molecule has 1 aliphatic rings. The summed E-state index contributed by atoms with van der Waals surface area (Å²) >= 11 is 0. The lowest BCUT2D eigenvalue weighted by molar-refractivity contribution is 0.0586. The first-order valence-corrected chi connectivity index (χ1v) is 6.88. The third-order valence-corrected chi connectivity index (χ3v) is 4.39. The van der Waals surface area contributed by atoms with Crippen LogP contribution in [0.15, 0.2) is 30.6 Å². The summed E-state index contributed by atoms with van der Waals surface area (Å²) in [4.78, 5) is 12.2. The molecule has 2 atom stereocenters. The molecule has 1 amide bonds. The van der Waals surface area contributed by atoms with Gasteiger partial charge in [0.25, 0.3) is 5.91 Å². The molecule has 0 aliphatic heterocycles. The van der Waals surface area contributed by atoms with Gasteiger partial charge in [0, 0.05) is 23.1 Å². The number of carbonyl (C=O) groups excluding carboxylic acids is 1. The van der Waals surface area contributed by atoms with Gasteiger partial charge in [-0.2, -0.15) is 0 Å². The molecule has 2 aromatic rings. The van der Waals surface area contributed by atoms with Gasteiger partial charge in [-0.25, -0.2) is 4.68 Å². The molecule has 1 aromatic carbocycles. The fourth-order valence-corrected chi connectivity index (χ4v) is 2.49. The standard InChI is InChI=1S/C14H18N6O/c1-14(2)11(15)7-12(14)17-13(21)9-3-5-10(6-4-9)20-8-16-18-19-20/h3-6,8,11-12H,7,15H2,1-2H3,(H,17,21). The molecule has 1 aromatic heterocycles. The van der Waals surface area contributed by atoms with Crippen molar-refractivity contribution in [3.63, 3.8) is 0 Å². The van der Waals surface area contributed by atoms with E-state index in [1.54, 1.807) is 12.1 Å². The monoisotopic (exact) mass is 286 g/mol. The smallest absolute Gasteiger partial charge is 0.251 e. The van der Waals surface area contributed by atoms with Gasteiger partial charge in [-0.3, -0.25) is 4.79 Å². The van der Waals surface area contributed by atoms with Crippen LogP contribution in [0.5, 0.6) is 0 Å². The molecule has 1 heterocycles. The molecule has 21 heavy (non-hydrogen) atoms. The number of hydrogen-bond acceptors (Lipinski definition) is 5. The fraction of sp³-hybridized carbons (Fsp3) is 0.429. The highest BCUT2D eigenvalue weighted by atomic mass is 16.1. The summed E-state index contributed by atoms with van der Waals surface area (Å²) in [6.45, 7) is 4.15. The maximum absolute atomic E-state index is 12.2. The molecule has 3 N–H and O–H groups in total. The van der Waals surface area contributed by atoms with Crippen molar-refractivity contribution in [3.05, 3.63) is 36.2 Å². The number of aromatic nitrogens is 4. The number of rotatable bonds is 3. The van der Waals surface area contributed by atoms with Crippen LogP contribution >= 0.6 is 0 Å². The largest absolute Gasteiger partial charge is 0.349 e. The van der Waals surface area contributed by atoms with E-state index >= 15 is 0 Å². The van der Waals surface area contributed by atoms with E-state index in [0.717, 1.165) is 12.1 Å². The second-order valence-electron chi connectivity index (χ2n) is 5.99. The number of benzene rings is 1. The van der Waals surface area contributed by atoms with Crippen LogP contribution in [0.2, 0.25) is 0 Å². The summed E-state index contributed by atoms with van der Waals surface area (Å²) in [7, 11) is 0. The Kier molecular flexibility index (Phi) is 3.21. The molecular formula is C14H18N6O. The highest BCUT2D eigenvalue weighted by Crippen LogP contribution is 2.39. The van der Waals surface area contributed by atoms with Gasteiger partial charge < -0.3 is 11.1 Å². The van der Waals surface area contributed by atoms with Crippen molar-refractivity contribution in [2.75, 3.05) is 0 Å². The van der Waals surface area contributed by atoms with Crippen molar-refractivity contribution < 1.29 is 4.79 Å². The van der Waals surface area contributed by atoms with Gasteiger partial charge in [0.2, 0.25) is 0 Å². The van der Waals surface area contributed by atoms with E-state index in [2.05, 4.69) is 34.7 Å². The number of carbonyl (C=O) groups is 1. The Labute approximate surface area is 122 Å². The number of nitrogens with one attached hydrogen (secondary N) is 1. The molecule has 1 aliphatic carbocycles. The van der Waals surface area contributed by atoms with Gasteiger partial charge in [-0.1, -0.05) is 13.8 Å². The van der Waals surface area contributed by atoms with E-state index in [-0.39, 0.29) is 23.4 Å². The summed E-state index contributed by atoms with van der Waals surface area (Å²) < 4.78 is 1.54. The number of nitrogens with two attached hydrogens (primary N) is 1. The van der Waals surface area contributed by atoms with Crippen molar-refractivity contribution in [1.82, 2.24) is 25.5 Å². The molecule has 0 spiro atoms. The average Bonchev–Trinajstić information content (AvgIpc) is 3.01. The van der Waals surface area contributed by atoms with E-state index in [1.807, 2.05) is 12.1 Å². The lowest BCUT2D eigenvalue weighted by atomic mass is 9.63. The number of amides is 1. The summed E-state index contributed by atoms with van der Waals surface area (Å²) in [5, 5.41) is 14.0. The Bertz CT molecular complexity index is 634. The van der Waals surface area contributed by atoms with Gasteiger partial charge in [-0.05, 0) is 41.1 Å². The third-order valence-electron chi connectivity index (χ3n) is 4.39. The summed E-state index contributed by atoms with van der Waals surface area (Å²) in [6.07, 6.45) is 2.33. The Balaban J connectivity index is 1.69. The second kappa shape index (κ2) is 4.92. The van der Waals surface area contributed by atoms with Gasteiger partial charge in [0.05, 0.1) is 5.69 Å².